The average molecular weight is 491 g/mol. The lowest BCUT2D eigenvalue weighted by atomic mass is 9.94. The van der Waals surface area contributed by atoms with Crippen molar-refractivity contribution in [3.8, 4) is 17.5 Å². The Labute approximate surface area is 212 Å². The first-order chi connectivity index (χ1) is 17.5. The molecule has 0 spiro atoms. The summed E-state index contributed by atoms with van der Waals surface area (Å²) in [7, 11) is 4.77. The summed E-state index contributed by atoms with van der Waals surface area (Å²) in [5, 5.41) is 3.23. The largest absolute Gasteiger partial charge is 0.497 e. The molecular weight excluding hydrogens is 456 g/mol. The first-order valence-electron chi connectivity index (χ1n) is 12.2. The summed E-state index contributed by atoms with van der Waals surface area (Å²) in [4.78, 5) is 24.9. The van der Waals surface area contributed by atoms with Crippen molar-refractivity contribution in [1.29, 1.82) is 0 Å². The van der Waals surface area contributed by atoms with E-state index in [9.17, 15) is 4.79 Å². The number of ether oxygens (including phenoxy) is 3. The average Bonchev–Trinajstić information content (AvgIpc) is 2.92. The third-order valence-electron chi connectivity index (χ3n) is 6.68. The van der Waals surface area contributed by atoms with Crippen LogP contribution in [0.4, 0.5) is 0 Å². The third-order valence-corrected chi connectivity index (χ3v) is 6.68. The first kappa shape index (κ1) is 25.4. The molecule has 1 fully saturated rings. The Kier molecular flexibility index (Phi) is 8.38. The fourth-order valence-corrected chi connectivity index (χ4v) is 4.55. The van der Waals surface area contributed by atoms with Crippen molar-refractivity contribution in [3.05, 3.63) is 77.1 Å². The van der Waals surface area contributed by atoms with Gasteiger partial charge in [-0.05, 0) is 61.7 Å². The van der Waals surface area contributed by atoms with Crippen LogP contribution in [0, 0.1) is 12.8 Å². The summed E-state index contributed by atoms with van der Waals surface area (Å²) in [5.74, 6) is 2.00. The maximum absolute atomic E-state index is 13.4. The van der Waals surface area contributed by atoms with Gasteiger partial charge in [0.1, 0.15) is 11.8 Å². The van der Waals surface area contributed by atoms with Crippen molar-refractivity contribution in [1.82, 2.24) is 20.2 Å². The molecule has 190 valence electrons. The maximum Gasteiger partial charge on any atom is 0.224 e. The molecule has 3 aromatic rings. The number of nitrogens with zero attached hydrogens (tertiary/aromatic N) is 3. The van der Waals surface area contributed by atoms with E-state index < -0.39 is 6.04 Å². The first-order valence-corrected chi connectivity index (χ1v) is 12.2. The van der Waals surface area contributed by atoms with Crippen molar-refractivity contribution in [3.63, 3.8) is 0 Å². The number of hydrogen-bond acceptors (Lipinski definition) is 7. The molecule has 0 aliphatic carbocycles. The van der Waals surface area contributed by atoms with Crippen LogP contribution in [0.5, 0.6) is 17.5 Å². The number of likely N-dealkylation sites (tertiary alicyclic amines) is 1. The van der Waals surface area contributed by atoms with Gasteiger partial charge in [0.05, 0.1) is 27.4 Å². The van der Waals surface area contributed by atoms with Crippen LogP contribution in [0.25, 0.3) is 0 Å². The summed E-state index contributed by atoms with van der Waals surface area (Å²) in [6.07, 6.45) is 1.59. The molecule has 1 saturated heterocycles. The summed E-state index contributed by atoms with van der Waals surface area (Å²) in [5.41, 5.74) is 3.23. The molecule has 1 N–H and O–H groups in total. The third kappa shape index (κ3) is 6.12. The summed E-state index contributed by atoms with van der Waals surface area (Å²) >= 11 is 0. The molecule has 2 heterocycles. The van der Waals surface area contributed by atoms with Crippen molar-refractivity contribution in [2.24, 2.45) is 5.92 Å². The minimum atomic E-state index is -0.514. The quantitative estimate of drug-likeness (QED) is 0.486. The summed E-state index contributed by atoms with van der Waals surface area (Å²) in [6.45, 7) is 4.61. The zero-order valence-corrected chi connectivity index (χ0v) is 21.4. The molecule has 8 nitrogen and oxygen atoms in total. The fraction of sp³-hybridized carbons (Fsp3) is 0.393. The van der Waals surface area contributed by atoms with Gasteiger partial charge in [-0.3, -0.25) is 9.69 Å². The van der Waals surface area contributed by atoms with Crippen LogP contribution in [0.15, 0.2) is 54.6 Å². The van der Waals surface area contributed by atoms with Crippen molar-refractivity contribution in [2.75, 3.05) is 34.4 Å². The van der Waals surface area contributed by atoms with E-state index in [1.165, 1.54) is 5.56 Å². The SMILES string of the molecule is COc1ccc(CN2CCC(C(=O)NC(c3nc(OC)cc(OC)n3)c3ccccc3C)CC2)cc1. The van der Waals surface area contributed by atoms with Crippen LogP contribution >= 0.6 is 0 Å². The molecule has 36 heavy (non-hydrogen) atoms. The maximum atomic E-state index is 13.4. The highest BCUT2D eigenvalue weighted by atomic mass is 16.5. The lowest BCUT2D eigenvalue weighted by Gasteiger charge is -2.32. The minimum absolute atomic E-state index is 0.0118. The van der Waals surface area contributed by atoms with Gasteiger partial charge >= 0.3 is 0 Å². The van der Waals surface area contributed by atoms with Gasteiger partial charge in [-0.1, -0.05) is 36.4 Å². The molecule has 1 amide bonds. The van der Waals surface area contributed by atoms with E-state index >= 15 is 0 Å². The topological polar surface area (TPSA) is 85.8 Å². The van der Waals surface area contributed by atoms with Gasteiger partial charge in [0, 0.05) is 12.5 Å². The van der Waals surface area contributed by atoms with Crippen molar-refractivity contribution in [2.45, 2.75) is 32.4 Å². The molecule has 0 radical (unpaired) electrons. The molecule has 1 aliphatic heterocycles. The van der Waals surface area contributed by atoms with Crippen LogP contribution in [0.2, 0.25) is 0 Å². The van der Waals surface area contributed by atoms with Gasteiger partial charge < -0.3 is 19.5 Å². The molecule has 0 saturated carbocycles. The van der Waals surface area contributed by atoms with Crippen molar-refractivity contribution >= 4 is 5.91 Å². The Bertz CT molecular complexity index is 1140. The second-order valence-corrected chi connectivity index (χ2v) is 9.01. The highest BCUT2D eigenvalue weighted by molar-refractivity contribution is 5.79. The Morgan fingerprint density at radius 3 is 2.19 bits per heavy atom. The van der Waals surface area contributed by atoms with Gasteiger partial charge in [0.15, 0.2) is 5.82 Å². The molecule has 0 bridgehead atoms. The molecular formula is C28H34N4O4. The minimum Gasteiger partial charge on any atom is -0.497 e. The number of piperidine rings is 1. The standard InChI is InChI=1S/C28H34N4O4/c1-19-7-5-6-8-23(19)26(27-29-24(35-3)17-25(30-27)36-4)31-28(33)21-13-15-32(16-14-21)18-20-9-11-22(34-2)12-10-20/h5-12,17,21,26H,13-16,18H2,1-4H3,(H,31,33). The number of rotatable bonds is 9. The zero-order valence-electron chi connectivity index (χ0n) is 21.4. The Morgan fingerprint density at radius 2 is 1.61 bits per heavy atom. The van der Waals surface area contributed by atoms with E-state index in [2.05, 4.69) is 32.3 Å². The van der Waals surface area contributed by atoms with Gasteiger partial charge in [0.2, 0.25) is 17.7 Å². The van der Waals surface area contributed by atoms with Crippen LogP contribution < -0.4 is 19.5 Å². The number of methoxy groups -OCH3 is 3. The molecule has 1 unspecified atom stereocenters. The number of hydrogen-bond donors (Lipinski definition) is 1. The molecule has 4 rings (SSSR count). The van der Waals surface area contributed by atoms with Crippen LogP contribution in [0.3, 0.4) is 0 Å². The zero-order chi connectivity index (χ0) is 25.5. The highest BCUT2D eigenvalue weighted by Crippen LogP contribution is 2.28. The van der Waals surface area contributed by atoms with E-state index in [0.29, 0.717) is 17.6 Å². The number of carbonyl (C=O) groups is 1. The Hall–Kier alpha value is -3.65. The van der Waals surface area contributed by atoms with Gasteiger partial charge in [-0.15, -0.1) is 0 Å². The lowest BCUT2D eigenvalue weighted by molar-refractivity contribution is -0.127. The smallest absolute Gasteiger partial charge is 0.224 e. The van der Waals surface area contributed by atoms with Gasteiger partial charge in [-0.25, -0.2) is 0 Å². The lowest BCUT2D eigenvalue weighted by Crippen LogP contribution is -2.42. The van der Waals surface area contributed by atoms with Crippen LogP contribution in [0.1, 0.15) is 41.4 Å². The molecule has 2 aromatic carbocycles. The second kappa shape index (κ2) is 11.9. The molecule has 1 atom stereocenters. The number of amides is 1. The van der Waals surface area contributed by atoms with E-state index in [1.54, 1.807) is 27.4 Å². The normalized spacial score (nSPS) is 15.2. The Morgan fingerprint density at radius 1 is 0.972 bits per heavy atom. The predicted octanol–water partition coefficient (Wildman–Crippen LogP) is 3.93. The molecule has 8 heteroatoms. The Balaban J connectivity index is 1.46. The number of nitrogens with one attached hydrogen (secondary N) is 1. The number of carbonyl (C=O) groups excluding carboxylic acids is 1. The molecule has 1 aromatic heterocycles. The molecule has 1 aliphatic rings. The second-order valence-electron chi connectivity index (χ2n) is 9.01. The number of benzene rings is 2. The van der Waals surface area contributed by atoms with Crippen LogP contribution in [-0.2, 0) is 11.3 Å². The fourth-order valence-electron chi connectivity index (χ4n) is 4.55. The van der Waals surface area contributed by atoms with E-state index in [0.717, 1.165) is 49.4 Å². The number of aryl methyl sites for hydroxylation is 1. The number of aromatic nitrogens is 2. The van der Waals surface area contributed by atoms with E-state index in [1.807, 2.05) is 43.3 Å². The summed E-state index contributed by atoms with van der Waals surface area (Å²) < 4.78 is 16.0. The van der Waals surface area contributed by atoms with E-state index in [-0.39, 0.29) is 11.8 Å². The van der Waals surface area contributed by atoms with Gasteiger partial charge in [0.25, 0.3) is 0 Å². The predicted molar refractivity (Wildman–Crippen MR) is 137 cm³/mol. The van der Waals surface area contributed by atoms with Gasteiger partial charge in [-0.2, -0.15) is 9.97 Å². The highest BCUT2D eigenvalue weighted by Gasteiger charge is 2.29. The van der Waals surface area contributed by atoms with E-state index in [4.69, 9.17) is 14.2 Å². The monoisotopic (exact) mass is 490 g/mol. The summed E-state index contributed by atoms with van der Waals surface area (Å²) in [6, 6.07) is 17.2. The van der Waals surface area contributed by atoms with Crippen LogP contribution in [-0.4, -0.2) is 55.2 Å². The van der Waals surface area contributed by atoms with Crippen molar-refractivity contribution < 1.29 is 19.0 Å².